The third kappa shape index (κ3) is 3.83. The van der Waals surface area contributed by atoms with Gasteiger partial charge in [0, 0.05) is 37.2 Å². The Morgan fingerprint density at radius 1 is 1.43 bits per heavy atom. The minimum Gasteiger partial charge on any atom is -0.380 e. The molecule has 1 aliphatic heterocycles. The summed E-state index contributed by atoms with van der Waals surface area (Å²) in [5.74, 6) is -0.0161. The number of nitrogens with zero attached hydrogens (tertiary/aromatic N) is 3. The van der Waals surface area contributed by atoms with Crippen LogP contribution in [-0.2, 0) is 22.5 Å². The number of hydrogen-bond acceptors (Lipinski definition) is 6. The maximum atomic E-state index is 11.7. The maximum Gasteiger partial charge on any atom is 0.148 e. The molecule has 1 unspecified atom stereocenters. The molecule has 6 nitrogen and oxygen atoms in total. The first kappa shape index (κ1) is 21.6. The summed E-state index contributed by atoms with van der Waals surface area (Å²) >= 11 is 0. The van der Waals surface area contributed by atoms with Crippen molar-refractivity contribution in [3.05, 3.63) is 69.8 Å². The van der Waals surface area contributed by atoms with Crippen LogP contribution in [0, 0.1) is 10.8 Å². The van der Waals surface area contributed by atoms with Crippen LogP contribution in [0.5, 0.6) is 0 Å². The van der Waals surface area contributed by atoms with Crippen molar-refractivity contribution in [3.8, 4) is 0 Å². The zero-order valence-electron chi connectivity index (χ0n) is 17.9. The third-order valence-electron chi connectivity index (χ3n) is 5.64. The second kappa shape index (κ2) is 9.13. The standard InChI is InChI=1S/C24H27N3O3/c1-6-15(3)19(16(13-28)14-30-5)11-23-24-21(12-27(23)4)18(7-2)20-10-17(26-29)8-9-22(20)25-24/h6,8-11,13,15H,1,7,12,14H2,2-5H3/b19-16-,23-11-. The number of benzene rings is 1. The minimum atomic E-state index is -0.0161. The van der Waals surface area contributed by atoms with E-state index >= 15 is 0 Å². The molecule has 0 bridgehead atoms. The molecule has 0 radical (unpaired) electrons. The van der Waals surface area contributed by atoms with Gasteiger partial charge < -0.3 is 9.64 Å². The molecule has 0 spiro atoms. The molecule has 1 aromatic carbocycles. The Bertz CT molecular complexity index is 1070. The molecule has 0 aliphatic carbocycles. The lowest BCUT2D eigenvalue weighted by molar-refractivity contribution is -0.105. The van der Waals surface area contributed by atoms with Gasteiger partial charge in [-0.2, -0.15) is 0 Å². The van der Waals surface area contributed by atoms with E-state index in [1.54, 1.807) is 13.2 Å². The molecule has 2 aromatic rings. The summed E-state index contributed by atoms with van der Waals surface area (Å²) < 4.78 is 5.23. The van der Waals surface area contributed by atoms with Crippen molar-refractivity contribution in [1.29, 1.82) is 0 Å². The van der Waals surface area contributed by atoms with Gasteiger partial charge in [0.05, 0.1) is 23.5 Å². The summed E-state index contributed by atoms with van der Waals surface area (Å²) in [7, 11) is 3.59. The molecule has 0 N–H and O–H groups in total. The number of aryl methyl sites for hydroxylation is 1. The highest BCUT2D eigenvalue weighted by Gasteiger charge is 2.27. The summed E-state index contributed by atoms with van der Waals surface area (Å²) in [6.45, 7) is 8.96. The Hall–Kier alpha value is -3.12. The summed E-state index contributed by atoms with van der Waals surface area (Å²) in [6, 6.07) is 5.33. The van der Waals surface area contributed by atoms with Crippen LogP contribution >= 0.6 is 0 Å². The Kier molecular flexibility index (Phi) is 6.57. The van der Waals surface area contributed by atoms with Crippen molar-refractivity contribution in [1.82, 2.24) is 9.88 Å². The number of nitroso groups, excluding NO2 is 1. The average Bonchev–Trinajstić information content (AvgIpc) is 3.07. The fraction of sp³-hybridized carbons (Fsp3) is 0.333. The number of aromatic nitrogens is 1. The van der Waals surface area contributed by atoms with E-state index < -0.39 is 0 Å². The normalized spacial score (nSPS) is 16.4. The molecular formula is C24H27N3O3. The van der Waals surface area contributed by atoms with Gasteiger partial charge in [-0.05, 0) is 52.9 Å². The molecule has 156 valence electrons. The molecule has 6 heteroatoms. The number of pyridine rings is 1. The van der Waals surface area contributed by atoms with Gasteiger partial charge in [-0.1, -0.05) is 19.9 Å². The van der Waals surface area contributed by atoms with Crippen molar-refractivity contribution in [3.63, 3.8) is 0 Å². The fourth-order valence-electron chi connectivity index (χ4n) is 4.01. The monoisotopic (exact) mass is 405 g/mol. The Labute approximate surface area is 176 Å². The fourth-order valence-corrected chi connectivity index (χ4v) is 4.01. The smallest absolute Gasteiger partial charge is 0.148 e. The van der Waals surface area contributed by atoms with E-state index in [1.165, 1.54) is 5.56 Å². The number of fused-ring (bicyclic) bond motifs is 2. The number of aldehydes is 1. The predicted octanol–water partition coefficient (Wildman–Crippen LogP) is 4.95. The van der Waals surface area contributed by atoms with E-state index in [9.17, 15) is 9.70 Å². The second-order valence-corrected chi connectivity index (χ2v) is 7.51. The molecule has 0 saturated heterocycles. The van der Waals surface area contributed by atoms with Gasteiger partial charge in [-0.3, -0.25) is 4.79 Å². The van der Waals surface area contributed by atoms with E-state index in [0.29, 0.717) is 17.8 Å². The molecule has 1 aromatic heterocycles. The molecule has 0 amide bonds. The number of hydrogen-bond donors (Lipinski definition) is 0. The van der Waals surface area contributed by atoms with Gasteiger partial charge in [0.1, 0.15) is 12.0 Å². The molecule has 1 aliphatic rings. The highest BCUT2D eigenvalue weighted by molar-refractivity contribution is 5.90. The summed E-state index contributed by atoms with van der Waals surface area (Å²) in [6.07, 6.45) is 5.52. The van der Waals surface area contributed by atoms with Crippen molar-refractivity contribution >= 4 is 28.6 Å². The average molecular weight is 405 g/mol. The lowest BCUT2D eigenvalue weighted by atomic mass is 9.94. The van der Waals surface area contributed by atoms with Crippen molar-refractivity contribution < 1.29 is 9.53 Å². The first-order valence-corrected chi connectivity index (χ1v) is 10.0. The van der Waals surface area contributed by atoms with Gasteiger partial charge in [-0.25, -0.2) is 4.98 Å². The molecule has 2 heterocycles. The van der Waals surface area contributed by atoms with E-state index in [4.69, 9.17) is 9.72 Å². The van der Waals surface area contributed by atoms with E-state index in [0.717, 1.165) is 46.1 Å². The van der Waals surface area contributed by atoms with Gasteiger partial charge >= 0.3 is 0 Å². The van der Waals surface area contributed by atoms with Crippen LogP contribution in [0.25, 0.3) is 16.6 Å². The molecule has 0 saturated carbocycles. The highest BCUT2D eigenvalue weighted by Crippen LogP contribution is 2.38. The first-order valence-electron chi connectivity index (χ1n) is 10.0. The second-order valence-electron chi connectivity index (χ2n) is 7.51. The summed E-state index contributed by atoms with van der Waals surface area (Å²) in [4.78, 5) is 29.8. The van der Waals surface area contributed by atoms with Crippen LogP contribution in [-0.4, -0.2) is 36.9 Å². The Morgan fingerprint density at radius 3 is 2.80 bits per heavy atom. The van der Waals surface area contributed by atoms with Crippen molar-refractivity contribution in [2.45, 2.75) is 26.8 Å². The lowest BCUT2D eigenvalue weighted by Crippen LogP contribution is -2.11. The van der Waals surface area contributed by atoms with Crippen molar-refractivity contribution in [2.75, 3.05) is 20.8 Å². The number of methoxy groups -OCH3 is 1. The van der Waals surface area contributed by atoms with Crippen LogP contribution in [0.1, 0.15) is 30.7 Å². The number of allylic oxidation sites excluding steroid dienone is 3. The van der Waals surface area contributed by atoms with Gasteiger partial charge in [-0.15, -0.1) is 11.5 Å². The number of ether oxygens (including phenoxy) is 1. The molecule has 30 heavy (non-hydrogen) atoms. The topological polar surface area (TPSA) is 71.9 Å². The van der Waals surface area contributed by atoms with E-state index in [2.05, 4.69) is 23.6 Å². The highest BCUT2D eigenvalue weighted by atomic mass is 16.5. The van der Waals surface area contributed by atoms with Gasteiger partial charge in [0.2, 0.25) is 0 Å². The molecule has 0 fully saturated rings. The number of rotatable bonds is 8. The molecule has 1 atom stereocenters. The first-order chi connectivity index (χ1) is 14.5. The molecular weight excluding hydrogens is 378 g/mol. The molecule has 3 rings (SSSR count). The zero-order valence-corrected chi connectivity index (χ0v) is 17.9. The van der Waals surface area contributed by atoms with Gasteiger partial charge in [0.25, 0.3) is 0 Å². The number of carbonyl (C=O) groups is 1. The largest absolute Gasteiger partial charge is 0.380 e. The van der Waals surface area contributed by atoms with Crippen LogP contribution in [0.15, 0.2) is 53.3 Å². The lowest BCUT2D eigenvalue weighted by Gasteiger charge is -2.17. The summed E-state index contributed by atoms with van der Waals surface area (Å²) in [5, 5.41) is 4.04. The number of carbonyl (C=O) groups excluding carboxylic acids is 1. The third-order valence-corrected chi connectivity index (χ3v) is 5.64. The SMILES string of the molecule is C=CC(C)C(/C=C1/c2nc3ccc(N=O)cc3c(CC)c2CN1C)=C(/C=O)COC. The van der Waals surface area contributed by atoms with E-state index in [1.807, 2.05) is 38.3 Å². The predicted molar refractivity (Wildman–Crippen MR) is 120 cm³/mol. The quantitative estimate of drug-likeness (QED) is 0.269. The minimum absolute atomic E-state index is 0.0161. The Morgan fingerprint density at radius 2 is 2.20 bits per heavy atom. The maximum absolute atomic E-state index is 11.7. The van der Waals surface area contributed by atoms with Gasteiger partial charge in [0.15, 0.2) is 0 Å². The van der Waals surface area contributed by atoms with Crippen molar-refractivity contribution in [2.24, 2.45) is 11.1 Å². The van der Waals surface area contributed by atoms with Crippen LogP contribution < -0.4 is 0 Å². The van der Waals surface area contributed by atoms with Crippen LogP contribution in [0.3, 0.4) is 0 Å². The zero-order chi connectivity index (χ0) is 21.8. The summed E-state index contributed by atoms with van der Waals surface area (Å²) in [5.41, 5.74) is 6.88. The van der Waals surface area contributed by atoms with E-state index in [-0.39, 0.29) is 12.5 Å². The van der Waals surface area contributed by atoms with Crippen LogP contribution in [0.2, 0.25) is 0 Å². The Balaban J connectivity index is 2.27. The van der Waals surface area contributed by atoms with Crippen LogP contribution in [0.4, 0.5) is 5.69 Å².